The highest BCUT2D eigenvalue weighted by Crippen LogP contribution is 1.97. The van der Waals surface area contributed by atoms with Gasteiger partial charge in [-0.2, -0.15) is 0 Å². The Kier molecular flexibility index (Phi) is 4.07. The van der Waals surface area contributed by atoms with E-state index in [0.29, 0.717) is 12.2 Å². The molecule has 0 radical (unpaired) electrons. The summed E-state index contributed by atoms with van der Waals surface area (Å²) in [6, 6.07) is 8.85. The van der Waals surface area contributed by atoms with Gasteiger partial charge in [-0.3, -0.25) is 10.1 Å². The quantitative estimate of drug-likeness (QED) is 0.754. The molecule has 0 saturated carbocycles. The minimum Gasteiger partial charge on any atom is -0.471 e. The minimum absolute atomic E-state index is 0.112. The fourth-order valence-corrected chi connectivity index (χ4v) is 1.13. The molecule has 1 rings (SSSR count). The molecule has 0 aliphatic carbocycles. The number of carbonyl (C=O) groups is 1. The number of hydrogen-bond donors (Lipinski definition) is 1. The average molecular weight is 209 g/mol. The van der Waals surface area contributed by atoms with Crippen LogP contribution in [0.25, 0.3) is 0 Å². The molecular formula is C10H11NO2S. The maximum atomic E-state index is 11.5. The van der Waals surface area contributed by atoms with Gasteiger partial charge in [-0.15, -0.1) is 0 Å². The molecule has 1 amide bonds. The van der Waals surface area contributed by atoms with E-state index in [0.717, 1.165) is 0 Å². The summed E-state index contributed by atoms with van der Waals surface area (Å²) in [5.41, 5.74) is 0.564. The molecule has 0 unspecified atom stereocenters. The number of amides is 1. The third-order valence-electron chi connectivity index (χ3n) is 1.53. The van der Waals surface area contributed by atoms with Gasteiger partial charge in [0.15, 0.2) is 0 Å². The Labute approximate surface area is 88.1 Å². The standard InChI is InChI=1S/C10H11NO2S/c1-2-13-10(14)11-9(12)8-6-4-3-5-7-8/h3-7H,2H2,1H3,(H,11,12,14). The van der Waals surface area contributed by atoms with E-state index in [-0.39, 0.29) is 11.1 Å². The molecule has 0 heterocycles. The van der Waals surface area contributed by atoms with Crippen LogP contribution in [0.3, 0.4) is 0 Å². The summed E-state index contributed by atoms with van der Waals surface area (Å²) in [6.07, 6.45) is 0. The molecule has 4 heteroatoms. The van der Waals surface area contributed by atoms with Gasteiger partial charge in [0.25, 0.3) is 11.1 Å². The first-order valence-corrected chi connectivity index (χ1v) is 4.68. The molecule has 1 N–H and O–H groups in total. The first-order chi connectivity index (χ1) is 6.74. The van der Waals surface area contributed by atoms with Gasteiger partial charge in [0.2, 0.25) is 0 Å². The molecule has 1 aromatic rings. The van der Waals surface area contributed by atoms with Crippen LogP contribution >= 0.6 is 12.2 Å². The molecule has 0 bridgehead atoms. The van der Waals surface area contributed by atoms with E-state index in [1.54, 1.807) is 31.2 Å². The summed E-state index contributed by atoms with van der Waals surface area (Å²) >= 11 is 4.78. The topological polar surface area (TPSA) is 38.3 Å². The van der Waals surface area contributed by atoms with Gasteiger partial charge in [-0.25, -0.2) is 0 Å². The molecule has 0 aromatic heterocycles. The van der Waals surface area contributed by atoms with E-state index in [4.69, 9.17) is 17.0 Å². The zero-order valence-electron chi connectivity index (χ0n) is 7.82. The summed E-state index contributed by atoms with van der Waals surface area (Å²) in [5, 5.41) is 2.58. The zero-order chi connectivity index (χ0) is 10.4. The molecule has 3 nitrogen and oxygen atoms in total. The van der Waals surface area contributed by atoms with Crippen molar-refractivity contribution >= 4 is 23.3 Å². The van der Waals surface area contributed by atoms with Crippen LogP contribution in [0, 0.1) is 0 Å². The van der Waals surface area contributed by atoms with Gasteiger partial charge in [0.1, 0.15) is 0 Å². The van der Waals surface area contributed by atoms with E-state index in [1.807, 2.05) is 6.07 Å². The van der Waals surface area contributed by atoms with Crippen molar-refractivity contribution in [2.75, 3.05) is 6.61 Å². The third kappa shape index (κ3) is 3.14. The van der Waals surface area contributed by atoms with Crippen molar-refractivity contribution in [3.05, 3.63) is 35.9 Å². The van der Waals surface area contributed by atoms with Crippen LogP contribution in [-0.2, 0) is 4.74 Å². The maximum absolute atomic E-state index is 11.5. The van der Waals surface area contributed by atoms with E-state index >= 15 is 0 Å². The largest absolute Gasteiger partial charge is 0.471 e. The Morgan fingerprint density at radius 2 is 2.07 bits per heavy atom. The van der Waals surface area contributed by atoms with Crippen LogP contribution in [-0.4, -0.2) is 17.7 Å². The van der Waals surface area contributed by atoms with E-state index < -0.39 is 0 Å². The highest BCUT2D eigenvalue weighted by molar-refractivity contribution is 7.80. The molecule has 0 spiro atoms. The Hall–Kier alpha value is -1.42. The van der Waals surface area contributed by atoms with E-state index in [9.17, 15) is 4.79 Å². The van der Waals surface area contributed by atoms with Crippen molar-refractivity contribution in [1.82, 2.24) is 5.32 Å². The number of ether oxygens (including phenoxy) is 1. The molecule has 74 valence electrons. The summed E-state index contributed by atoms with van der Waals surface area (Å²) in [4.78, 5) is 11.5. The molecule has 0 atom stereocenters. The smallest absolute Gasteiger partial charge is 0.263 e. The van der Waals surface area contributed by atoms with Crippen molar-refractivity contribution in [3.63, 3.8) is 0 Å². The van der Waals surface area contributed by atoms with Gasteiger partial charge in [-0.1, -0.05) is 18.2 Å². The Bertz CT molecular complexity index is 324. The zero-order valence-corrected chi connectivity index (χ0v) is 8.64. The van der Waals surface area contributed by atoms with Gasteiger partial charge in [0.05, 0.1) is 6.61 Å². The number of rotatable bonds is 2. The lowest BCUT2D eigenvalue weighted by molar-refractivity contribution is 0.0968. The fourth-order valence-electron chi connectivity index (χ4n) is 0.922. The van der Waals surface area contributed by atoms with Crippen LogP contribution in [0.4, 0.5) is 0 Å². The van der Waals surface area contributed by atoms with Crippen LogP contribution in [0.2, 0.25) is 0 Å². The second-order valence-electron chi connectivity index (χ2n) is 2.54. The molecule has 14 heavy (non-hydrogen) atoms. The van der Waals surface area contributed by atoms with Crippen molar-refractivity contribution < 1.29 is 9.53 Å². The van der Waals surface area contributed by atoms with Crippen LogP contribution in [0.1, 0.15) is 17.3 Å². The normalized spacial score (nSPS) is 9.21. The van der Waals surface area contributed by atoms with Crippen LogP contribution in [0.5, 0.6) is 0 Å². The predicted octanol–water partition coefficient (Wildman–Crippen LogP) is 1.74. The summed E-state index contributed by atoms with van der Waals surface area (Å²) in [6.45, 7) is 2.26. The van der Waals surface area contributed by atoms with Gasteiger partial charge in [-0.05, 0) is 31.3 Å². The molecule has 0 aliphatic heterocycles. The Morgan fingerprint density at radius 1 is 1.43 bits per heavy atom. The van der Waals surface area contributed by atoms with Gasteiger partial charge in [0, 0.05) is 5.56 Å². The molecule has 0 fully saturated rings. The average Bonchev–Trinajstić information content (AvgIpc) is 2.19. The van der Waals surface area contributed by atoms with Crippen molar-refractivity contribution in [2.45, 2.75) is 6.92 Å². The number of carbonyl (C=O) groups excluding carboxylic acids is 1. The number of hydrogen-bond acceptors (Lipinski definition) is 3. The molecule has 0 saturated heterocycles. The molecular weight excluding hydrogens is 198 g/mol. The van der Waals surface area contributed by atoms with Crippen LogP contribution < -0.4 is 5.32 Å². The second kappa shape index (κ2) is 5.34. The van der Waals surface area contributed by atoms with E-state index in [2.05, 4.69) is 5.32 Å². The van der Waals surface area contributed by atoms with Crippen molar-refractivity contribution in [3.8, 4) is 0 Å². The first-order valence-electron chi connectivity index (χ1n) is 4.27. The number of nitrogens with one attached hydrogen (secondary N) is 1. The Morgan fingerprint density at radius 3 is 2.64 bits per heavy atom. The number of thiocarbonyl (C=S) groups is 1. The fraction of sp³-hybridized carbons (Fsp3) is 0.200. The van der Waals surface area contributed by atoms with Crippen molar-refractivity contribution in [1.29, 1.82) is 0 Å². The SMILES string of the molecule is CCOC(=S)NC(=O)c1ccccc1. The molecule has 1 aromatic carbocycles. The second-order valence-corrected chi connectivity index (χ2v) is 2.91. The highest BCUT2D eigenvalue weighted by atomic mass is 32.1. The van der Waals surface area contributed by atoms with E-state index in [1.165, 1.54) is 0 Å². The summed E-state index contributed by atoms with van der Waals surface area (Å²) in [7, 11) is 0. The lowest BCUT2D eigenvalue weighted by atomic mass is 10.2. The minimum atomic E-state index is -0.246. The monoisotopic (exact) mass is 209 g/mol. The van der Waals surface area contributed by atoms with Crippen LogP contribution in [0.15, 0.2) is 30.3 Å². The highest BCUT2D eigenvalue weighted by Gasteiger charge is 2.06. The Balaban J connectivity index is 2.55. The summed E-state index contributed by atoms with van der Waals surface area (Å²) in [5.74, 6) is -0.246. The summed E-state index contributed by atoms with van der Waals surface area (Å²) < 4.78 is 4.93. The lowest BCUT2D eigenvalue weighted by Gasteiger charge is -2.06. The van der Waals surface area contributed by atoms with Crippen molar-refractivity contribution in [2.24, 2.45) is 0 Å². The van der Waals surface area contributed by atoms with Gasteiger partial charge >= 0.3 is 0 Å². The third-order valence-corrected chi connectivity index (χ3v) is 1.75. The molecule has 0 aliphatic rings. The number of benzene rings is 1. The lowest BCUT2D eigenvalue weighted by Crippen LogP contribution is -2.30. The van der Waals surface area contributed by atoms with Gasteiger partial charge < -0.3 is 4.74 Å². The first kappa shape index (κ1) is 10.7. The predicted molar refractivity (Wildman–Crippen MR) is 58.1 cm³/mol. The maximum Gasteiger partial charge on any atom is 0.263 e.